The van der Waals surface area contributed by atoms with E-state index in [1.165, 1.54) is 167 Å². The second-order valence-electron chi connectivity index (χ2n) is 12.3. The van der Waals surface area contributed by atoms with Gasteiger partial charge in [-0.05, 0) is 19.3 Å². The van der Waals surface area contributed by atoms with E-state index in [1.807, 2.05) is 0 Å². The Morgan fingerprint density at radius 1 is 0.525 bits per heavy atom. The summed E-state index contributed by atoms with van der Waals surface area (Å²) in [5.41, 5.74) is 0. The van der Waals surface area contributed by atoms with Crippen molar-refractivity contribution in [1.82, 2.24) is 0 Å². The van der Waals surface area contributed by atoms with Crippen LogP contribution in [0.1, 0.15) is 200 Å². The van der Waals surface area contributed by atoms with Crippen molar-refractivity contribution in [3.8, 4) is 0 Å². The molecule has 0 amide bonds. The molecule has 0 rings (SSSR count). The maximum absolute atomic E-state index is 11.1. The van der Waals surface area contributed by atoms with Gasteiger partial charge in [0.05, 0.1) is 6.61 Å². The van der Waals surface area contributed by atoms with E-state index < -0.39 is 10.4 Å². The Balaban J connectivity index is 3.75. The van der Waals surface area contributed by atoms with Gasteiger partial charge in [-0.3, -0.25) is 4.55 Å². The van der Waals surface area contributed by atoms with Gasteiger partial charge in [-0.1, -0.05) is 193 Å². The van der Waals surface area contributed by atoms with E-state index in [0.29, 0.717) is 0 Å². The second-order valence-corrected chi connectivity index (χ2v) is 13.4. The molecule has 0 bridgehead atoms. The Labute approximate surface area is 251 Å². The monoisotopic (exact) mass is 586 g/mol. The lowest BCUT2D eigenvalue weighted by Gasteiger charge is -2.12. The van der Waals surface area contributed by atoms with Crippen LogP contribution in [0.2, 0.25) is 0 Å². The standard InChI is InChI=1S/C35H70O4S/c1-3-5-7-9-11-13-15-17-18-19-20-21-23-25-27-29-31-33-35(34-39-40(36,37)38)32-30-28-26-24-22-16-14-12-10-8-6-4-2/h31,33,35H,3-30,32,34H2,1-2H3,(H,36,37,38)/b33-31+. The average Bonchev–Trinajstić information content (AvgIpc) is 2.93. The highest BCUT2D eigenvalue weighted by molar-refractivity contribution is 7.80. The van der Waals surface area contributed by atoms with Crippen LogP contribution >= 0.6 is 0 Å². The third-order valence-electron chi connectivity index (χ3n) is 8.24. The van der Waals surface area contributed by atoms with E-state index in [9.17, 15) is 8.42 Å². The molecule has 240 valence electrons. The zero-order valence-corrected chi connectivity index (χ0v) is 27.8. The van der Waals surface area contributed by atoms with Crippen LogP contribution in [-0.4, -0.2) is 19.6 Å². The van der Waals surface area contributed by atoms with Crippen LogP contribution < -0.4 is 0 Å². The summed E-state index contributed by atoms with van der Waals surface area (Å²) in [6, 6.07) is 0. The van der Waals surface area contributed by atoms with Crippen molar-refractivity contribution < 1.29 is 17.2 Å². The molecule has 0 aromatic heterocycles. The molecule has 0 radical (unpaired) electrons. The van der Waals surface area contributed by atoms with E-state index >= 15 is 0 Å². The van der Waals surface area contributed by atoms with E-state index in [2.05, 4.69) is 26.0 Å². The predicted octanol–water partition coefficient (Wildman–Crippen LogP) is 12.3. The largest absolute Gasteiger partial charge is 0.397 e. The number of hydrogen-bond donors (Lipinski definition) is 1. The van der Waals surface area contributed by atoms with Crippen LogP contribution in [0.15, 0.2) is 12.2 Å². The zero-order chi connectivity index (χ0) is 29.4. The van der Waals surface area contributed by atoms with Crippen molar-refractivity contribution in [2.45, 2.75) is 200 Å². The van der Waals surface area contributed by atoms with Crippen LogP contribution in [-0.2, 0) is 14.6 Å². The van der Waals surface area contributed by atoms with Gasteiger partial charge in [-0.25, -0.2) is 4.18 Å². The first-order valence-corrected chi connectivity index (χ1v) is 19.1. The highest BCUT2D eigenvalue weighted by Gasteiger charge is 2.11. The molecule has 0 aromatic carbocycles. The van der Waals surface area contributed by atoms with Crippen molar-refractivity contribution in [2.75, 3.05) is 6.61 Å². The smallest absolute Gasteiger partial charge is 0.264 e. The fraction of sp³-hybridized carbons (Fsp3) is 0.943. The molecule has 1 N–H and O–H groups in total. The van der Waals surface area contributed by atoms with Gasteiger partial charge in [0.15, 0.2) is 0 Å². The highest BCUT2D eigenvalue weighted by atomic mass is 32.3. The molecule has 0 aliphatic rings. The molecular weight excluding hydrogens is 516 g/mol. The number of allylic oxidation sites excluding steroid dienone is 1. The number of rotatable bonds is 33. The van der Waals surface area contributed by atoms with Gasteiger partial charge < -0.3 is 0 Å². The molecule has 0 heterocycles. The summed E-state index contributed by atoms with van der Waals surface area (Å²) >= 11 is 0. The number of unbranched alkanes of at least 4 members (excludes halogenated alkanes) is 26. The van der Waals surface area contributed by atoms with Crippen molar-refractivity contribution >= 4 is 10.4 Å². The SMILES string of the molecule is CCCCCCCCCCCCCCCCC/C=C/C(CCCCCCCCCCCCCC)COS(=O)(=O)O. The van der Waals surface area contributed by atoms with Crippen LogP contribution in [0, 0.1) is 5.92 Å². The summed E-state index contributed by atoms with van der Waals surface area (Å²) in [6.07, 6.45) is 42.7. The first kappa shape index (κ1) is 39.6. The summed E-state index contributed by atoms with van der Waals surface area (Å²) in [4.78, 5) is 0. The van der Waals surface area contributed by atoms with Crippen molar-refractivity contribution in [3.63, 3.8) is 0 Å². The molecule has 0 aliphatic heterocycles. The third kappa shape index (κ3) is 33.8. The van der Waals surface area contributed by atoms with Gasteiger partial charge in [0.2, 0.25) is 0 Å². The first-order valence-electron chi connectivity index (χ1n) is 17.8. The molecular formula is C35H70O4S. The lowest BCUT2D eigenvalue weighted by Crippen LogP contribution is -2.12. The van der Waals surface area contributed by atoms with Gasteiger partial charge in [0.25, 0.3) is 0 Å². The van der Waals surface area contributed by atoms with E-state index in [0.717, 1.165) is 19.3 Å². The minimum absolute atomic E-state index is 0.0478. The van der Waals surface area contributed by atoms with Gasteiger partial charge in [0.1, 0.15) is 0 Å². The molecule has 0 aromatic rings. The highest BCUT2D eigenvalue weighted by Crippen LogP contribution is 2.18. The number of hydrogen-bond acceptors (Lipinski definition) is 3. The maximum atomic E-state index is 11.1. The fourth-order valence-electron chi connectivity index (χ4n) is 5.58. The Morgan fingerprint density at radius 2 is 0.850 bits per heavy atom. The zero-order valence-electron chi connectivity index (χ0n) is 27.0. The lowest BCUT2D eigenvalue weighted by atomic mass is 9.99. The van der Waals surface area contributed by atoms with Crippen molar-refractivity contribution in [2.24, 2.45) is 5.92 Å². The topological polar surface area (TPSA) is 63.6 Å². The molecule has 0 saturated heterocycles. The van der Waals surface area contributed by atoms with E-state index in [-0.39, 0.29) is 12.5 Å². The molecule has 1 unspecified atom stereocenters. The van der Waals surface area contributed by atoms with Gasteiger partial charge >= 0.3 is 10.4 Å². The molecule has 0 saturated carbocycles. The summed E-state index contributed by atoms with van der Waals surface area (Å²) in [6.45, 7) is 4.59. The Kier molecular flexibility index (Phi) is 31.2. The maximum Gasteiger partial charge on any atom is 0.397 e. The van der Waals surface area contributed by atoms with E-state index in [4.69, 9.17) is 8.74 Å². The molecule has 5 heteroatoms. The lowest BCUT2D eigenvalue weighted by molar-refractivity contribution is 0.234. The van der Waals surface area contributed by atoms with Crippen LogP contribution in [0.5, 0.6) is 0 Å². The normalized spacial score (nSPS) is 13.0. The minimum Gasteiger partial charge on any atom is -0.264 e. The van der Waals surface area contributed by atoms with Crippen molar-refractivity contribution in [1.29, 1.82) is 0 Å². The van der Waals surface area contributed by atoms with E-state index in [1.54, 1.807) is 0 Å². The molecule has 0 spiro atoms. The molecule has 0 fully saturated rings. The fourth-order valence-corrected chi connectivity index (χ4v) is 5.92. The summed E-state index contributed by atoms with van der Waals surface area (Å²) in [5, 5.41) is 0. The van der Waals surface area contributed by atoms with Gasteiger partial charge in [-0.2, -0.15) is 8.42 Å². The molecule has 4 nitrogen and oxygen atoms in total. The summed E-state index contributed by atoms with van der Waals surface area (Å²) < 4.78 is 35.8. The second kappa shape index (κ2) is 31.5. The Hall–Kier alpha value is -0.390. The van der Waals surface area contributed by atoms with Crippen LogP contribution in [0.4, 0.5) is 0 Å². The first-order chi connectivity index (χ1) is 19.5. The predicted molar refractivity (Wildman–Crippen MR) is 175 cm³/mol. The van der Waals surface area contributed by atoms with Crippen LogP contribution in [0.3, 0.4) is 0 Å². The summed E-state index contributed by atoms with van der Waals surface area (Å²) in [7, 11) is -4.37. The Morgan fingerprint density at radius 3 is 1.20 bits per heavy atom. The van der Waals surface area contributed by atoms with Gasteiger partial charge in [-0.15, -0.1) is 0 Å². The molecule has 1 atom stereocenters. The van der Waals surface area contributed by atoms with Crippen LogP contribution in [0.25, 0.3) is 0 Å². The quantitative estimate of drug-likeness (QED) is 0.0472. The Bertz CT molecular complexity index is 617. The average molecular weight is 587 g/mol. The third-order valence-corrected chi connectivity index (χ3v) is 8.68. The minimum atomic E-state index is -4.37. The molecule has 0 aliphatic carbocycles. The summed E-state index contributed by atoms with van der Waals surface area (Å²) in [5.74, 6) is 0.0568. The molecule has 40 heavy (non-hydrogen) atoms. The van der Waals surface area contributed by atoms with Gasteiger partial charge in [0, 0.05) is 5.92 Å². The van der Waals surface area contributed by atoms with Crippen molar-refractivity contribution in [3.05, 3.63) is 12.2 Å².